The normalized spacial score (nSPS) is 22.2. The quantitative estimate of drug-likeness (QED) is 0.0143. The average Bonchev–Trinajstić information content (AvgIpc) is 1.53. The van der Waals surface area contributed by atoms with Crippen molar-refractivity contribution in [2.45, 2.75) is 337 Å². The number of rotatable bonds is 41. The minimum Gasteiger partial charge on any atom is -0.453 e. The Kier molecular flexibility index (Phi) is 40.3. The molecule has 8 aliphatic rings. The van der Waals surface area contributed by atoms with Crippen molar-refractivity contribution < 1.29 is 99.4 Å². The van der Waals surface area contributed by atoms with Gasteiger partial charge in [0.05, 0.1) is 36.2 Å². The second-order valence-electron chi connectivity index (χ2n) is 47.2. The Balaban J connectivity index is 0.000000246. The van der Waals surface area contributed by atoms with E-state index in [2.05, 4.69) is 90.8 Å². The molecule has 3 heterocycles. The average molecular weight is 2060 g/mol. The van der Waals surface area contributed by atoms with Crippen molar-refractivity contribution in [2.75, 3.05) is 45.0 Å². The largest absolute Gasteiger partial charge is 0.453 e. The van der Waals surface area contributed by atoms with Crippen LogP contribution in [0, 0.1) is 69.0 Å². The third kappa shape index (κ3) is 32.5. The molecule has 15 atom stereocenters. The molecule has 11 rings (SSSR count). The number of benzene rings is 3. The zero-order valence-corrected chi connectivity index (χ0v) is 90.9. The minimum absolute atomic E-state index is 0.0548. The molecule has 0 radical (unpaired) electrons. The number of ether oxygens (including phenoxy) is 2. The highest BCUT2D eigenvalue weighted by atomic mass is 32.2. The fourth-order valence-electron chi connectivity index (χ4n) is 21.6. The molecule has 12 N–H and O–H groups in total. The summed E-state index contributed by atoms with van der Waals surface area (Å²) < 4.78 is 36.3. The van der Waals surface area contributed by atoms with Gasteiger partial charge in [-0.25, -0.2) is 22.8 Å². The fraction of sp³-hybridized carbons (Fsp3) is 0.645. The van der Waals surface area contributed by atoms with Gasteiger partial charge in [-0.15, -0.1) is 13.2 Å². The lowest BCUT2D eigenvalue weighted by Crippen LogP contribution is -2.62. The van der Waals surface area contributed by atoms with Crippen LogP contribution in [0.4, 0.5) is 14.4 Å². The highest BCUT2D eigenvalue weighted by Gasteiger charge is 2.73. The molecule has 3 aliphatic heterocycles. The van der Waals surface area contributed by atoms with Crippen LogP contribution in [0.3, 0.4) is 0 Å². The van der Waals surface area contributed by atoms with E-state index in [4.69, 9.17) is 9.47 Å². The van der Waals surface area contributed by atoms with Gasteiger partial charge in [0.1, 0.15) is 54.0 Å². The number of ketones is 3. The minimum atomic E-state index is -3.56. The maximum Gasteiger partial charge on any atom is 0.408 e. The Morgan fingerprint density at radius 2 is 0.816 bits per heavy atom. The van der Waals surface area contributed by atoms with Gasteiger partial charge in [0.15, 0.2) is 9.84 Å². The molecule has 5 saturated carbocycles. The van der Waals surface area contributed by atoms with Crippen LogP contribution in [0.1, 0.15) is 265 Å². The number of amides is 15. The van der Waals surface area contributed by atoms with Crippen LogP contribution >= 0.6 is 0 Å². The van der Waals surface area contributed by atoms with Crippen LogP contribution in [0.25, 0.3) is 0 Å². The lowest BCUT2D eigenvalue weighted by atomic mass is 9.83. The molecule has 810 valence electrons. The number of hydrogen-bond donors (Lipinski definition) is 12. The third-order valence-electron chi connectivity index (χ3n) is 29.7. The first kappa shape index (κ1) is 119. The predicted molar refractivity (Wildman–Crippen MR) is 556 cm³/mol. The molecule has 15 amide bonds. The molecule has 8 fully saturated rings. The van der Waals surface area contributed by atoms with Crippen molar-refractivity contribution in [1.82, 2.24) is 78.5 Å². The number of likely N-dealkylation sites (tertiary alicyclic amines) is 3. The van der Waals surface area contributed by atoms with Crippen LogP contribution in [0.15, 0.2) is 116 Å². The highest BCUT2D eigenvalue weighted by Crippen LogP contribution is 2.67. The number of esters is 1. The van der Waals surface area contributed by atoms with Crippen LogP contribution in [0.5, 0.6) is 0 Å². The van der Waals surface area contributed by atoms with Gasteiger partial charge in [-0.1, -0.05) is 217 Å². The van der Waals surface area contributed by atoms with Crippen molar-refractivity contribution in [3.05, 3.63) is 133 Å². The molecular formula is C110H163N15O21S. The van der Waals surface area contributed by atoms with Crippen LogP contribution in [0.2, 0.25) is 0 Å². The smallest absolute Gasteiger partial charge is 0.408 e. The molecule has 3 saturated heterocycles. The number of nitrogens with zero attached hydrogens (tertiary/aromatic N) is 3. The first-order valence-electron chi connectivity index (χ1n) is 52.1. The van der Waals surface area contributed by atoms with Crippen molar-refractivity contribution in [1.29, 1.82) is 0 Å². The molecule has 3 aromatic carbocycles. The molecule has 0 bridgehead atoms. The molecule has 5 aliphatic carbocycles. The summed E-state index contributed by atoms with van der Waals surface area (Å²) in [5.74, 6) is -10.5. The van der Waals surface area contributed by atoms with E-state index in [0.29, 0.717) is 44.5 Å². The molecule has 0 spiro atoms. The van der Waals surface area contributed by atoms with Crippen LogP contribution < -0.4 is 63.8 Å². The van der Waals surface area contributed by atoms with Crippen LogP contribution in [-0.4, -0.2) is 240 Å². The standard InChI is InChI=1S/C39H57N5O7.C37H54N4O8S.C34H52N6O6/c1-9-10-21-27(32(46)34(48)40-22-28(45)51-39(7,8)25-19-15-12-16-20-25)41-33(47)31-29-26(38(29,5)6)23-44(31)35(49)30(24-17-13-11-14-18-24)42-36(50)43-37(2,3)4;1-7-8-19-27(31(42)33(44)38-20-21-50(47,48)23-24-15-11-9-12-16-24)39-32(43)30-28-26(37(28,5)6)22-41(30)34(45)29(25-17-13-10-14-18-25)40-35(46)49-36(2,3)4;1-10-14-22(26(42)29(44)36-18-23(41)35-17-20-15-12-11-13-16-20)37-28(43)25-24-21(34(24,8)9)19-40(25)30(45)27(32(2,3)4)38-31(46)39-33(5,6)7/h9,12,15-16,19-20,24,26-27,29-31H,1,10-11,13-14,17-18,21-23H2,2-8H3,(H,40,48)(H,41,47)(H2,42,43,50);7,9,11-12,15-16,25-30H,1,8,10,13-14,17-23H2,2-6H3,(H,38,44)(H,39,43)(H,40,46);11-13,15-16,21-22,24-25,27H,10,14,17-19H2,1-9H3,(H,35,41)(H,36,44)(H,37,43)(H2,38,39,46)/t26-,27?,29-,30-,31-;26-,27?,28-,29-,30-;21-,22?,24-,25-,27+/m000/s1. The molecule has 147 heavy (non-hydrogen) atoms. The summed E-state index contributed by atoms with van der Waals surface area (Å²) in [7, 11) is -3.56. The molecule has 3 unspecified atom stereocenters. The first-order chi connectivity index (χ1) is 68.6. The Bertz CT molecular complexity index is 5360. The third-order valence-corrected chi connectivity index (χ3v) is 31.3. The monoisotopic (exact) mass is 2060 g/mol. The van der Waals surface area contributed by atoms with Gasteiger partial charge in [-0.2, -0.15) is 0 Å². The van der Waals surface area contributed by atoms with E-state index < -0.39 is 188 Å². The Morgan fingerprint density at radius 3 is 1.21 bits per heavy atom. The SMILES string of the molecule is C=CCCC(NC(=O)[C@@H]1[C@@H]2[C@H](CN1C(=O)[C@@H](NC(=O)NC(C)(C)C)C1CCCCC1)C2(C)C)C(=O)C(=O)NCC(=O)OC(C)(C)c1ccccc1.C=CCCC(NC(=O)[C@@H]1[C@@H]2[C@H](CN1C(=O)[C@@H](NC(=O)OC(C)(C)C)C1CCCCC1)C2(C)C)C(=O)C(=O)NCCS(=O)(=O)Cc1ccccc1.CCCC(NC(=O)[C@@H]1[C@@H]2[C@H](CN1C(=O)[C@@H](NC(=O)NC(C)(C)C)C(C)(C)C)C2(C)C)C(=O)C(=O)NCC(=O)NCc1ccccc1. The number of alkyl carbamates (subject to hydrolysis) is 1. The lowest BCUT2D eigenvalue weighted by molar-refractivity contribution is -0.157. The van der Waals surface area contributed by atoms with Gasteiger partial charge in [0.2, 0.25) is 58.7 Å². The van der Waals surface area contributed by atoms with Gasteiger partial charge in [-0.05, 0) is 220 Å². The fourth-order valence-corrected chi connectivity index (χ4v) is 22.8. The second kappa shape index (κ2) is 49.9. The maximum atomic E-state index is 14.4. The number of Topliss-reactive ketones (excluding diaryl/α,β-unsaturated/α-hetero) is 3. The van der Waals surface area contributed by atoms with Crippen LogP contribution in [-0.2, 0) is 104 Å². The highest BCUT2D eigenvalue weighted by molar-refractivity contribution is 7.90. The molecule has 3 aromatic rings. The summed E-state index contributed by atoms with van der Waals surface area (Å²) in [6.45, 7) is 47.0. The molecular weight excluding hydrogens is 1900 g/mol. The number of piperidine rings is 3. The topological polar surface area (TPSA) is 497 Å². The second-order valence-corrected chi connectivity index (χ2v) is 49.4. The lowest BCUT2D eigenvalue weighted by Gasteiger charge is -2.38. The van der Waals surface area contributed by atoms with Crippen molar-refractivity contribution >= 4 is 110 Å². The molecule has 0 aromatic heterocycles. The summed E-state index contributed by atoms with van der Waals surface area (Å²) >= 11 is 0. The predicted octanol–water partition coefficient (Wildman–Crippen LogP) is 10.1. The number of allylic oxidation sites excluding steroid dienone is 2. The van der Waals surface area contributed by atoms with Gasteiger partial charge in [0.25, 0.3) is 17.7 Å². The Hall–Kier alpha value is -11.9. The number of nitrogens with one attached hydrogen (secondary N) is 12. The number of carbonyl (C=O) groups excluding carboxylic acids is 17. The number of hydrogen-bond acceptors (Lipinski definition) is 21. The van der Waals surface area contributed by atoms with E-state index in [0.717, 1.165) is 75.3 Å². The summed E-state index contributed by atoms with van der Waals surface area (Å²) in [6, 6.07) is 17.3. The number of sulfone groups is 1. The zero-order chi connectivity index (χ0) is 109. The first-order valence-corrected chi connectivity index (χ1v) is 53.9. The Labute approximate surface area is 867 Å². The number of urea groups is 2. The summed E-state index contributed by atoms with van der Waals surface area (Å²) in [6.07, 6.45) is 13.0. The van der Waals surface area contributed by atoms with Crippen molar-refractivity contribution in [3.8, 4) is 0 Å². The molecule has 36 nitrogen and oxygen atoms in total. The van der Waals surface area contributed by atoms with Gasteiger partial charge in [0, 0.05) is 43.8 Å². The van der Waals surface area contributed by atoms with E-state index in [9.17, 15) is 89.9 Å². The van der Waals surface area contributed by atoms with E-state index in [1.807, 2.05) is 158 Å². The van der Waals surface area contributed by atoms with E-state index >= 15 is 0 Å². The van der Waals surface area contributed by atoms with Gasteiger partial charge >= 0.3 is 24.1 Å². The van der Waals surface area contributed by atoms with Crippen molar-refractivity contribution in [2.24, 2.45) is 69.0 Å². The van der Waals surface area contributed by atoms with Crippen molar-refractivity contribution in [3.63, 3.8) is 0 Å². The number of fused-ring (bicyclic) bond motifs is 3. The van der Waals surface area contributed by atoms with E-state index in [1.165, 1.54) is 4.90 Å². The molecule has 37 heteroatoms. The maximum absolute atomic E-state index is 14.4. The summed E-state index contributed by atoms with van der Waals surface area (Å²) in [5.41, 5.74) is -1.76. The zero-order valence-electron chi connectivity index (χ0n) is 90.0. The number of carbonyl (C=O) groups is 17. The Morgan fingerprint density at radius 1 is 0.442 bits per heavy atom. The summed E-state index contributed by atoms with van der Waals surface area (Å²) in [5, 5.41) is 32.4. The van der Waals surface area contributed by atoms with E-state index in [1.54, 1.807) is 86.9 Å². The van der Waals surface area contributed by atoms with Gasteiger partial charge in [-0.3, -0.25) is 67.1 Å². The summed E-state index contributed by atoms with van der Waals surface area (Å²) in [4.78, 5) is 232. The van der Waals surface area contributed by atoms with Gasteiger partial charge < -0.3 is 88.0 Å². The van der Waals surface area contributed by atoms with E-state index in [-0.39, 0.29) is 125 Å².